The Bertz CT molecular complexity index is 1560. The molecule has 0 spiro atoms. The number of carbonyl (C=O) groups is 1. The summed E-state index contributed by atoms with van der Waals surface area (Å²) in [6.45, 7) is 5.99. The molecule has 0 radical (unpaired) electrons. The number of carbonyl (C=O) groups excluding carboxylic acids is 1. The maximum absolute atomic E-state index is 13.0. The Morgan fingerprint density at radius 3 is 2.45 bits per heavy atom. The Morgan fingerprint density at radius 2 is 1.70 bits per heavy atom. The minimum Gasteiger partial charge on any atom is -0.489 e. The second-order valence-corrected chi connectivity index (χ2v) is 11.0. The highest BCUT2D eigenvalue weighted by molar-refractivity contribution is 8.18. The van der Waals surface area contributed by atoms with Crippen LogP contribution in [0.5, 0.6) is 5.75 Å². The number of benzene rings is 3. The van der Waals surface area contributed by atoms with Gasteiger partial charge in [0.2, 0.25) is 0 Å². The maximum Gasteiger partial charge on any atom is 0.286 e. The highest BCUT2D eigenvalue weighted by atomic mass is 32.2. The average molecular weight is 551 g/mol. The fraction of sp³-hybridized carbons (Fsp3) is 0.219. The number of hydrogen-bond donors (Lipinski definition) is 0. The first-order valence-corrected chi connectivity index (χ1v) is 14.2. The number of amides is 1. The zero-order valence-corrected chi connectivity index (χ0v) is 23.3. The molecule has 8 heteroatoms. The highest BCUT2D eigenvalue weighted by Gasteiger charge is 2.31. The summed E-state index contributed by atoms with van der Waals surface area (Å²) in [4.78, 5) is 20.1. The molecule has 2 aliphatic rings. The summed E-state index contributed by atoms with van der Waals surface area (Å²) in [5.74, 6) is 0.520. The molecule has 0 bridgehead atoms. The van der Waals surface area contributed by atoms with Gasteiger partial charge in [0, 0.05) is 30.4 Å². The van der Waals surface area contributed by atoms with Crippen LogP contribution in [0.2, 0.25) is 0 Å². The van der Waals surface area contributed by atoms with Gasteiger partial charge >= 0.3 is 0 Å². The van der Waals surface area contributed by atoms with Crippen LogP contribution >= 0.6 is 11.8 Å². The van der Waals surface area contributed by atoms with Gasteiger partial charge in [-0.05, 0) is 61.5 Å². The van der Waals surface area contributed by atoms with Crippen LogP contribution in [0.25, 0.3) is 23.0 Å². The lowest BCUT2D eigenvalue weighted by atomic mass is 10.1. The van der Waals surface area contributed by atoms with Gasteiger partial charge in [-0.1, -0.05) is 60.7 Å². The van der Waals surface area contributed by atoms with Crippen molar-refractivity contribution in [2.75, 3.05) is 13.1 Å². The van der Waals surface area contributed by atoms with E-state index in [1.165, 1.54) is 11.8 Å². The summed E-state index contributed by atoms with van der Waals surface area (Å²) in [5, 5.41) is 5.67. The Labute approximate surface area is 238 Å². The van der Waals surface area contributed by atoms with E-state index in [1.54, 1.807) is 0 Å². The first-order valence-electron chi connectivity index (χ1n) is 13.4. The van der Waals surface area contributed by atoms with Gasteiger partial charge in [-0.2, -0.15) is 10.1 Å². The molecule has 0 unspecified atom stereocenters. The number of ether oxygens (including phenoxy) is 2. The number of aromatic nitrogens is 2. The normalized spacial score (nSPS) is 20.1. The summed E-state index contributed by atoms with van der Waals surface area (Å²) in [5.41, 5.74) is 4.53. The number of amidine groups is 1. The van der Waals surface area contributed by atoms with Crippen molar-refractivity contribution < 1.29 is 14.3 Å². The molecule has 40 heavy (non-hydrogen) atoms. The Hall–Kier alpha value is -4.14. The van der Waals surface area contributed by atoms with Gasteiger partial charge in [0.25, 0.3) is 5.91 Å². The van der Waals surface area contributed by atoms with Gasteiger partial charge in [-0.25, -0.2) is 4.68 Å². The van der Waals surface area contributed by atoms with Gasteiger partial charge in [0.05, 0.1) is 22.8 Å². The lowest BCUT2D eigenvalue weighted by Gasteiger charge is -2.35. The van der Waals surface area contributed by atoms with E-state index in [-0.39, 0.29) is 18.1 Å². The predicted molar refractivity (Wildman–Crippen MR) is 159 cm³/mol. The fourth-order valence-corrected chi connectivity index (χ4v) is 5.84. The maximum atomic E-state index is 13.0. The molecule has 2 atom stereocenters. The largest absolute Gasteiger partial charge is 0.489 e. The topological polar surface area (TPSA) is 69.0 Å². The molecular weight excluding hydrogens is 520 g/mol. The van der Waals surface area contributed by atoms with E-state index in [0.717, 1.165) is 39.0 Å². The number of morpholine rings is 1. The minimum atomic E-state index is -0.231. The Morgan fingerprint density at radius 1 is 0.975 bits per heavy atom. The Balaban J connectivity index is 1.31. The fourth-order valence-electron chi connectivity index (χ4n) is 4.91. The number of hydrogen-bond acceptors (Lipinski definition) is 6. The van der Waals surface area contributed by atoms with E-state index in [0.29, 0.717) is 24.6 Å². The molecule has 1 fully saturated rings. The Kier molecular flexibility index (Phi) is 7.53. The molecule has 1 saturated heterocycles. The van der Waals surface area contributed by atoms with Crippen molar-refractivity contribution in [2.24, 2.45) is 4.99 Å². The van der Waals surface area contributed by atoms with E-state index < -0.39 is 0 Å². The predicted octanol–water partition coefficient (Wildman–Crippen LogP) is 6.20. The van der Waals surface area contributed by atoms with E-state index in [2.05, 4.69) is 9.89 Å². The molecule has 1 amide bonds. The monoisotopic (exact) mass is 550 g/mol. The van der Waals surface area contributed by atoms with Crippen LogP contribution in [0, 0.1) is 0 Å². The minimum absolute atomic E-state index is 0.0854. The van der Waals surface area contributed by atoms with Crippen LogP contribution in [0.1, 0.15) is 25.0 Å². The van der Waals surface area contributed by atoms with Crippen molar-refractivity contribution in [3.63, 3.8) is 0 Å². The molecule has 0 N–H and O–H groups in total. The summed E-state index contributed by atoms with van der Waals surface area (Å²) < 4.78 is 13.8. The van der Waals surface area contributed by atoms with Crippen LogP contribution in [-0.4, -0.2) is 51.1 Å². The molecule has 3 aromatic carbocycles. The van der Waals surface area contributed by atoms with Crippen molar-refractivity contribution in [2.45, 2.75) is 32.7 Å². The van der Waals surface area contributed by atoms with Crippen molar-refractivity contribution in [3.8, 4) is 22.7 Å². The molecule has 3 heterocycles. The van der Waals surface area contributed by atoms with E-state index >= 15 is 0 Å². The van der Waals surface area contributed by atoms with Crippen molar-refractivity contribution in [1.29, 1.82) is 0 Å². The van der Waals surface area contributed by atoms with E-state index in [1.807, 2.05) is 116 Å². The smallest absolute Gasteiger partial charge is 0.286 e. The molecular formula is C32H30N4O3S. The van der Waals surface area contributed by atoms with Crippen LogP contribution in [0.3, 0.4) is 0 Å². The number of thioether (sulfide) groups is 1. The molecule has 7 nitrogen and oxygen atoms in total. The second-order valence-electron chi connectivity index (χ2n) is 9.99. The third kappa shape index (κ3) is 5.88. The quantitative estimate of drug-likeness (QED) is 0.266. The number of nitrogens with zero attached hydrogens (tertiary/aromatic N) is 4. The van der Waals surface area contributed by atoms with Gasteiger partial charge < -0.3 is 14.4 Å². The summed E-state index contributed by atoms with van der Waals surface area (Å²) in [7, 11) is 0. The number of rotatable bonds is 6. The zero-order chi connectivity index (χ0) is 27.5. The lowest BCUT2D eigenvalue weighted by Crippen LogP contribution is -2.47. The SMILES string of the molecule is C[C@@H]1CN(C2=NC(=O)/C(=C/c3cn(-c4ccccc4)nc3-c3cccc(OCc4ccccc4)c3)S2)C[C@H](C)O1. The van der Waals surface area contributed by atoms with Crippen molar-refractivity contribution >= 4 is 28.9 Å². The third-order valence-corrected chi connectivity index (χ3v) is 7.75. The van der Waals surface area contributed by atoms with Crippen LogP contribution in [0.4, 0.5) is 0 Å². The molecule has 0 saturated carbocycles. The molecule has 1 aromatic heterocycles. The number of aliphatic imine (C=N–C) groups is 1. The van der Waals surface area contributed by atoms with Crippen LogP contribution < -0.4 is 4.74 Å². The lowest BCUT2D eigenvalue weighted by molar-refractivity contribution is -0.113. The highest BCUT2D eigenvalue weighted by Crippen LogP contribution is 2.35. The molecule has 2 aliphatic heterocycles. The zero-order valence-electron chi connectivity index (χ0n) is 22.4. The van der Waals surface area contributed by atoms with Gasteiger partial charge in [-0.15, -0.1) is 0 Å². The summed E-state index contributed by atoms with van der Waals surface area (Å²) in [6.07, 6.45) is 4.03. The molecule has 4 aromatic rings. The van der Waals surface area contributed by atoms with Gasteiger partial charge in [-0.3, -0.25) is 4.79 Å². The van der Waals surface area contributed by atoms with Gasteiger partial charge in [0.1, 0.15) is 18.1 Å². The van der Waals surface area contributed by atoms with Gasteiger partial charge in [0.15, 0.2) is 5.17 Å². The summed E-state index contributed by atoms with van der Waals surface area (Å²) >= 11 is 1.41. The van der Waals surface area contributed by atoms with Crippen molar-refractivity contribution in [3.05, 3.63) is 107 Å². The van der Waals surface area contributed by atoms with Crippen LogP contribution in [0.15, 0.2) is 101 Å². The average Bonchev–Trinajstić information content (AvgIpc) is 3.56. The van der Waals surface area contributed by atoms with E-state index in [9.17, 15) is 4.79 Å². The number of para-hydroxylation sites is 1. The van der Waals surface area contributed by atoms with Crippen molar-refractivity contribution in [1.82, 2.24) is 14.7 Å². The summed E-state index contributed by atoms with van der Waals surface area (Å²) in [6, 6.07) is 27.9. The molecule has 6 rings (SSSR count). The first kappa shape index (κ1) is 26.1. The second kappa shape index (κ2) is 11.5. The molecule has 0 aliphatic carbocycles. The standard InChI is InChI=1S/C32H30N4O3S/c1-22-18-35(19-23(2)39-22)32-33-31(37)29(40-32)17-26-20-36(27-13-7-4-8-14-27)34-30(26)25-12-9-15-28(16-25)38-21-24-10-5-3-6-11-24/h3-17,20,22-23H,18-19,21H2,1-2H3/b29-17-/t22-,23+. The first-order chi connectivity index (χ1) is 19.5. The third-order valence-electron chi connectivity index (χ3n) is 6.71. The van der Waals surface area contributed by atoms with Crippen LogP contribution in [-0.2, 0) is 16.1 Å². The molecule has 202 valence electrons. The van der Waals surface area contributed by atoms with E-state index in [4.69, 9.17) is 14.6 Å².